The van der Waals surface area contributed by atoms with Gasteiger partial charge in [-0.15, -0.1) is 0 Å². The SMILES string of the molecule is CCCC(C)(NC(=O)OCC1c2ccccc2-c2ccccc21)C(=O)N(CCC(=O)O)C(C)C. The molecule has 0 fully saturated rings. The van der Waals surface area contributed by atoms with Gasteiger partial charge in [-0.1, -0.05) is 61.9 Å². The van der Waals surface area contributed by atoms with E-state index < -0.39 is 17.6 Å². The molecule has 0 bridgehead atoms. The zero-order valence-electron chi connectivity index (χ0n) is 20.3. The summed E-state index contributed by atoms with van der Waals surface area (Å²) in [4.78, 5) is 38.8. The number of fused-ring (bicyclic) bond motifs is 3. The maximum atomic E-state index is 13.4. The first-order chi connectivity index (χ1) is 16.2. The summed E-state index contributed by atoms with van der Waals surface area (Å²) in [7, 11) is 0. The predicted octanol–water partition coefficient (Wildman–Crippen LogP) is 4.80. The summed E-state index contributed by atoms with van der Waals surface area (Å²) in [6, 6.07) is 16.0. The normalized spacial score (nSPS) is 14.1. The molecular formula is C27H34N2O5. The summed E-state index contributed by atoms with van der Waals surface area (Å²) in [6.07, 6.45) is 0.258. The monoisotopic (exact) mass is 466 g/mol. The average Bonchev–Trinajstić information content (AvgIpc) is 3.11. The summed E-state index contributed by atoms with van der Waals surface area (Å²) >= 11 is 0. The number of amides is 2. The van der Waals surface area contributed by atoms with Crippen LogP contribution >= 0.6 is 0 Å². The Labute approximate surface area is 201 Å². The third-order valence-electron chi connectivity index (χ3n) is 6.39. The van der Waals surface area contributed by atoms with Crippen LogP contribution in [-0.4, -0.2) is 52.7 Å². The molecule has 2 aromatic rings. The van der Waals surface area contributed by atoms with Crippen molar-refractivity contribution < 1.29 is 24.2 Å². The summed E-state index contributed by atoms with van der Waals surface area (Å²) in [6.45, 7) is 7.51. The third-order valence-corrected chi connectivity index (χ3v) is 6.39. The van der Waals surface area contributed by atoms with E-state index in [0.717, 1.165) is 22.3 Å². The van der Waals surface area contributed by atoms with Crippen molar-refractivity contribution in [2.24, 2.45) is 0 Å². The second-order valence-electron chi connectivity index (χ2n) is 9.27. The number of carboxylic acids is 1. The van der Waals surface area contributed by atoms with Crippen LogP contribution in [0.25, 0.3) is 11.1 Å². The molecule has 0 heterocycles. The number of hydrogen-bond donors (Lipinski definition) is 2. The number of aliphatic carboxylic acids is 1. The van der Waals surface area contributed by atoms with Gasteiger partial charge in [0.25, 0.3) is 0 Å². The van der Waals surface area contributed by atoms with Gasteiger partial charge in [-0.05, 0) is 49.4 Å². The molecule has 2 amide bonds. The molecule has 0 spiro atoms. The lowest BCUT2D eigenvalue weighted by Crippen LogP contribution is -2.59. The van der Waals surface area contributed by atoms with E-state index in [1.54, 1.807) is 6.92 Å². The number of hydrogen-bond acceptors (Lipinski definition) is 4. The van der Waals surface area contributed by atoms with Gasteiger partial charge in [0.05, 0.1) is 6.42 Å². The van der Waals surface area contributed by atoms with E-state index in [0.29, 0.717) is 12.8 Å². The van der Waals surface area contributed by atoms with Crippen molar-refractivity contribution in [3.63, 3.8) is 0 Å². The maximum absolute atomic E-state index is 13.4. The molecule has 1 aliphatic rings. The van der Waals surface area contributed by atoms with Crippen LogP contribution in [0.4, 0.5) is 4.79 Å². The molecule has 2 aromatic carbocycles. The van der Waals surface area contributed by atoms with Gasteiger partial charge >= 0.3 is 12.1 Å². The van der Waals surface area contributed by atoms with Gasteiger partial charge in [0.15, 0.2) is 0 Å². The van der Waals surface area contributed by atoms with Crippen LogP contribution < -0.4 is 5.32 Å². The Balaban J connectivity index is 1.73. The summed E-state index contributed by atoms with van der Waals surface area (Å²) < 4.78 is 5.66. The van der Waals surface area contributed by atoms with Gasteiger partial charge in [-0.2, -0.15) is 0 Å². The van der Waals surface area contributed by atoms with Crippen molar-refractivity contribution in [3.05, 3.63) is 59.7 Å². The standard InChI is InChI=1S/C27H34N2O5/c1-5-15-27(4,25(32)29(18(2)3)16-14-24(30)31)28-26(33)34-17-23-21-12-8-6-10-19(21)20-11-7-9-13-22(20)23/h6-13,18,23H,5,14-17H2,1-4H3,(H,28,33)(H,30,31). The highest BCUT2D eigenvalue weighted by molar-refractivity contribution is 5.90. The highest BCUT2D eigenvalue weighted by atomic mass is 16.5. The molecule has 1 unspecified atom stereocenters. The minimum Gasteiger partial charge on any atom is -0.481 e. The fourth-order valence-corrected chi connectivity index (χ4v) is 4.71. The number of benzene rings is 2. The van der Waals surface area contributed by atoms with E-state index in [1.807, 2.05) is 45.0 Å². The lowest BCUT2D eigenvalue weighted by atomic mass is 9.93. The summed E-state index contributed by atoms with van der Waals surface area (Å²) in [5.41, 5.74) is 3.32. The molecular weight excluding hydrogens is 432 g/mol. The first-order valence-electron chi connectivity index (χ1n) is 11.8. The molecule has 7 nitrogen and oxygen atoms in total. The van der Waals surface area contributed by atoms with Crippen LogP contribution in [0.1, 0.15) is 64.0 Å². The Hall–Kier alpha value is -3.35. The molecule has 0 aromatic heterocycles. The van der Waals surface area contributed by atoms with E-state index >= 15 is 0 Å². The van der Waals surface area contributed by atoms with Gasteiger partial charge in [0, 0.05) is 18.5 Å². The Morgan fingerprint density at radius 2 is 1.62 bits per heavy atom. The number of carboxylic acid groups (broad SMARTS) is 1. The fraction of sp³-hybridized carbons (Fsp3) is 0.444. The first-order valence-corrected chi connectivity index (χ1v) is 11.8. The molecule has 0 saturated carbocycles. The largest absolute Gasteiger partial charge is 0.481 e. The molecule has 34 heavy (non-hydrogen) atoms. The number of ether oxygens (including phenoxy) is 1. The molecule has 3 rings (SSSR count). The van der Waals surface area contributed by atoms with Crippen molar-refractivity contribution in [1.82, 2.24) is 10.2 Å². The van der Waals surface area contributed by atoms with Crippen LogP contribution in [0.3, 0.4) is 0 Å². The van der Waals surface area contributed by atoms with Crippen LogP contribution in [0, 0.1) is 0 Å². The van der Waals surface area contributed by atoms with Crippen molar-refractivity contribution in [3.8, 4) is 11.1 Å². The van der Waals surface area contributed by atoms with E-state index in [-0.39, 0.29) is 37.4 Å². The average molecular weight is 467 g/mol. The summed E-state index contributed by atoms with van der Waals surface area (Å²) in [5, 5.41) is 11.9. The van der Waals surface area contributed by atoms with Crippen molar-refractivity contribution in [2.45, 2.75) is 64.5 Å². The number of nitrogens with zero attached hydrogens (tertiary/aromatic N) is 1. The lowest BCUT2D eigenvalue weighted by Gasteiger charge is -2.37. The lowest BCUT2D eigenvalue weighted by molar-refractivity contribution is -0.142. The number of carbonyl (C=O) groups is 3. The number of alkyl carbamates (subject to hydrolysis) is 1. The Morgan fingerprint density at radius 3 is 2.12 bits per heavy atom. The van der Waals surface area contributed by atoms with Crippen LogP contribution in [0.2, 0.25) is 0 Å². The number of rotatable bonds is 10. The fourth-order valence-electron chi connectivity index (χ4n) is 4.71. The van der Waals surface area contributed by atoms with Gasteiger partial charge in [0.2, 0.25) is 5.91 Å². The second kappa shape index (κ2) is 10.7. The van der Waals surface area contributed by atoms with E-state index in [9.17, 15) is 14.4 Å². The quantitative estimate of drug-likeness (QED) is 0.525. The van der Waals surface area contributed by atoms with Gasteiger partial charge in [-0.3, -0.25) is 9.59 Å². The highest BCUT2D eigenvalue weighted by Crippen LogP contribution is 2.44. The molecule has 1 atom stereocenters. The third kappa shape index (κ3) is 5.41. The predicted molar refractivity (Wildman–Crippen MR) is 131 cm³/mol. The van der Waals surface area contributed by atoms with Crippen LogP contribution in [-0.2, 0) is 14.3 Å². The van der Waals surface area contributed by atoms with Gasteiger partial charge in [0.1, 0.15) is 12.1 Å². The second-order valence-corrected chi connectivity index (χ2v) is 9.27. The zero-order valence-corrected chi connectivity index (χ0v) is 20.3. The molecule has 1 aliphatic carbocycles. The number of carbonyl (C=O) groups excluding carboxylic acids is 2. The van der Waals surface area contributed by atoms with Crippen molar-refractivity contribution in [2.75, 3.05) is 13.2 Å². The van der Waals surface area contributed by atoms with E-state index in [1.165, 1.54) is 4.90 Å². The minimum atomic E-state index is -1.19. The Morgan fingerprint density at radius 1 is 1.06 bits per heavy atom. The van der Waals surface area contributed by atoms with E-state index in [4.69, 9.17) is 9.84 Å². The molecule has 0 saturated heterocycles. The van der Waals surface area contributed by atoms with Gasteiger partial charge in [-0.25, -0.2) is 4.79 Å². The zero-order chi connectivity index (χ0) is 24.9. The first kappa shape index (κ1) is 25.3. The Bertz CT molecular complexity index is 1010. The summed E-state index contributed by atoms with van der Waals surface area (Å²) in [5.74, 6) is -1.35. The highest BCUT2D eigenvalue weighted by Gasteiger charge is 2.39. The van der Waals surface area contributed by atoms with Crippen molar-refractivity contribution in [1.29, 1.82) is 0 Å². The smallest absolute Gasteiger partial charge is 0.408 e. The molecule has 2 N–H and O–H groups in total. The molecule has 0 aliphatic heterocycles. The Kier molecular flexibility index (Phi) is 7.97. The topological polar surface area (TPSA) is 95.9 Å². The molecule has 7 heteroatoms. The minimum absolute atomic E-state index is 0.0750. The van der Waals surface area contributed by atoms with Gasteiger partial charge < -0.3 is 20.1 Å². The van der Waals surface area contributed by atoms with Crippen molar-refractivity contribution >= 4 is 18.0 Å². The van der Waals surface area contributed by atoms with Crippen LogP contribution in [0.15, 0.2) is 48.5 Å². The maximum Gasteiger partial charge on any atom is 0.408 e. The molecule has 182 valence electrons. The van der Waals surface area contributed by atoms with E-state index in [2.05, 4.69) is 29.6 Å². The molecule has 0 radical (unpaired) electrons. The number of nitrogens with one attached hydrogen (secondary N) is 1. The van der Waals surface area contributed by atoms with Crippen LogP contribution in [0.5, 0.6) is 0 Å².